The van der Waals surface area contributed by atoms with Gasteiger partial charge in [-0.05, 0) is 31.6 Å². The Labute approximate surface area is 102 Å². The van der Waals surface area contributed by atoms with Crippen molar-refractivity contribution in [1.82, 2.24) is 14.8 Å². The Balaban J connectivity index is 1.71. The van der Waals surface area contributed by atoms with Crippen molar-refractivity contribution in [1.29, 1.82) is 0 Å². The van der Waals surface area contributed by atoms with E-state index in [4.69, 9.17) is 4.74 Å². The molecule has 0 spiro atoms. The van der Waals surface area contributed by atoms with Crippen molar-refractivity contribution in [3.63, 3.8) is 0 Å². The van der Waals surface area contributed by atoms with E-state index in [1.165, 1.54) is 31.5 Å². The van der Waals surface area contributed by atoms with Crippen LogP contribution in [0, 0.1) is 5.92 Å². The van der Waals surface area contributed by atoms with E-state index in [2.05, 4.69) is 21.7 Å². The van der Waals surface area contributed by atoms with Gasteiger partial charge < -0.3 is 9.30 Å². The molecule has 0 aliphatic carbocycles. The van der Waals surface area contributed by atoms with Crippen molar-refractivity contribution in [3.8, 4) is 0 Å². The minimum atomic E-state index is 0.372. The zero-order chi connectivity index (χ0) is 11.7. The molecule has 0 saturated carbocycles. The molecule has 0 bridgehead atoms. The number of hydrogen-bond donors (Lipinski definition) is 0. The van der Waals surface area contributed by atoms with Crippen LogP contribution in [0.3, 0.4) is 0 Å². The van der Waals surface area contributed by atoms with Crippen LogP contribution in [0.4, 0.5) is 0 Å². The lowest BCUT2D eigenvalue weighted by atomic mass is 10.00. The maximum absolute atomic E-state index is 5.78. The molecule has 94 valence electrons. The maximum atomic E-state index is 5.78. The zero-order valence-electron chi connectivity index (χ0n) is 10.6. The molecule has 4 nitrogen and oxygen atoms in total. The molecule has 0 aromatic carbocycles. The van der Waals surface area contributed by atoms with Gasteiger partial charge >= 0.3 is 0 Å². The van der Waals surface area contributed by atoms with Crippen LogP contribution in [0.25, 0.3) is 0 Å². The number of fused-ring (bicyclic) bond motifs is 1. The summed E-state index contributed by atoms with van der Waals surface area (Å²) >= 11 is 0. The fourth-order valence-corrected chi connectivity index (χ4v) is 2.87. The number of rotatable bonds is 2. The summed E-state index contributed by atoms with van der Waals surface area (Å²) in [6.45, 7) is 4.30. The van der Waals surface area contributed by atoms with Crippen LogP contribution in [-0.2, 0) is 24.1 Å². The Bertz CT molecular complexity index is 382. The lowest BCUT2D eigenvalue weighted by Crippen LogP contribution is -2.25. The predicted molar refractivity (Wildman–Crippen MR) is 64.8 cm³/mol. The van der Waals surface area contributed by atoms with Gasteiger partial charge in [-0.15, -0.1) is 10.2 Å². The lowest BCUT2D eigenvalue weighted by molar-refractivity contribution is 0.0150. The van der Waals surface area contributed by atoms with Gasteiger partial charge in [0.25, 0.3) is 0 Å². The minimum Gasteiger partial charge on any atom is -0.378 e. The molecule has 2 unspecified atom stereocenters. The van der Waals surface area contributed by atoms with E-state index in [-0.39, 0.29) is 0 Å². The molecule has 0 radical (unpaired) electrons. The molecule has 2 atom stereocenters. The summed E-state index contributed by atoms with van der Waals surface area (Å²) in [5.41, 5.74) is 0. The fourth-order valence-electron chi connectivity index (χ4n) is 2.87. The van der Waals surface area contributed by atoms with Crippen LogP contribution in [0.15, 0.2) is 0 Å². The van der Waals surface area contributed by atoms with E-state index >= 15 is 0 Å². The fraction of sp³-hybridized carbons (Fsp3) is 0.846. The van der Waals surface area contributed by atoms with Crippen LogP contribution in [-0.4, -0.2) is 27.5 Å². The number of hydrogen-bond acceptors (Lipinski definition) is 3. The first kappa shape index (κ1) is 11.2. The molecule has 0 N–H and O–H groups in total. The average molecular weight is 235 g/mol. The maximum Gasteiger partial charge on any atom is 0.135 e. The molecule has 4 heteroatoms. The number of ether oxygens (including phenoxy) is 1. The van der Waals surface area contributed by atoms with Crippen LogP contribution in [0.2, 0.25) is 0 Å². The Morgan fingerprint density at radius 2 is 2.24 bits per heavy atom. The van der Waals surface area contributed by atoms with Gasteiger partial charge in [0, 0.05) is 26.0 Å². The molecule has 3 heterocycles. The lowest BCUT2D eigenvalue weighted by Gasteiger charge is -2.24. The summed E-state index contributed by atoms with van der Waals surface area (Å²) < 4.78 is 8.10. The number of nitrogens with zero attached hydrogens (tertiary/aromatic N) is 3. The monoisotopic (exact) mass is 235 g/mol. The summed E-state index contributed by atoms with van der Waals surface area (Å²) in [5, 5.41) is 8.69. The molecule has 1 saturated heterocycles. The van der Waals surface area contributed by atoms with Crippen molar-refractivity contribution in [3.05, 3.63) is 11.6 Å². The molecule has 1 aromatic rings. The first-order valence-electron chi connectivity index (χ1n) is 6.85. The second-order valence-electron chi connectivity index (χ2n) is 5.47. The SMILES string of the molecule is CC1CCn2c(nnc2CC2CCCCO2)C1. The Morgan fingerprint density at radius 1 is 1.29 bits per heavy atom. The number of aromatic nitrogens is 3. The molecule has 2 aliphatic rings. The van der Waals surface area contributed by atoms with Gasteiger partial charge in [0.2, 0.25) is 0 Å². The highest BCUT2D eigenvalue weighted by molar-refractivity contribution is 5.01. The standard InChI is InChI=1S/C13H21N3O/c1-10-5-6-16-12(8-10)14-15-13(16)9-11-4-2-3-7-17-11/h10-11H,2-9H2,1H3. The minimum absolute atomic E-state index is 0.372. The van der Waals surface area contributed by atoms with Crippen molar-refractivity contribution >= 4 is 0 Å². The first-order valence-corrected chi connectivity index (χ1v) is 6.85. The smallest absolute Gasteiger partial charge is 0.135 e. The van der Waals surface area contributed by atoms with Crippen LogP contribution in [0.1, 0.15) is 44.3 Å². The van der Waals surface area contributed by atoms with E-state index in [9.17, 15) is 0 Å². The largest absolute Gasteiger partial charge is 0.378 e. The third-order valence-corrected chi connectivity index (χ3v) is 3.96. The third kappa shape index (κ3) is 2.37. The van der Waals surface area contributed by atoms with E-state index in [0.717, 1.165) is 37.7 Å². The summed E-state index contributed by atoms with van der Waals surface area (Å²) in [6, 6.07) is 0. The van der Waals surface area contributed by atoms with Gasteiger partial charge in [-0.3, -0.25) is 0 Å². The molecular weight excluding hydrogens is 214 g/mol. The van der Waals surface area contributed by atoms with Gasteiger partial charge in [-0.1, -0.05) is 6.92 Å². The van der Waals surface area contributed by atoms with Gasteiger partial charge in [-0.25, -0.2) is 0 Å². The molecule has 3 rings (SSSR count). The van der Waals surface area contributed by atoms with Crippen molar-refractivity contribution in [2.24, 2.45) is 5.92 Å². The predicted octanol–water partition coefficient (Wildman–Crippen LogP) is 1.97. The van der Waals surface area contributed by atoms with Crippen LogP contribution < -0.4 is 0 Å². The molecule has 1 fully saturated rings. The molecule has 2 aliphatic heterocycles. The van der Waals surface area contributed by atoms with Gasteiger partial charge in [-0.2, -0.15) is 0 Å². The topological polar surface area (TPSA) is 39.9 Å². The van der Waals surface area contributed by atoms with Gasteiger partial charge in [0.15, 0.2) is 0 Å². The van der Waals surface area contributed by atoms with Crippen molar-refractivity contribution < 1.29 is 4.74 Å². The second kappa shape index (κ2) is 4.77. The quantitative estimate of drug-likeness (QED) is 0.787. The highest BCUT2D eigenvalue weighted by Crippen LogP contribution is 2.22. The zero-order valence-corrected chi connectivity index (χ0v) is 10.6. The molecule has 0 amide bonds. The molecule has 1 aromatic heterocycles. The highest BCUT2D eigenvalue weighted by atomic mass is 16.5. The third-order valence-electron chi connectivity index (χ3n) is 3.96. The van der Waals surface area contributed by atoms with E-state index in [1.54, 1.807) is 0 Å². The summed E-state index contributed by atoms with van der Waals surface area (Å²) in [5.74, 6) is 3.07. The van der Waals surface area contributed by atoms with Crippen LogP contribution >= 0.6 is 0 Å². The highest BCUT2D eigenvalue weighted by Gasteiger charge is 2.23. The van der Waals surface area contributed by atoms with Gasteiger partial charge in [0.1, 0.15) is 11.6 Å². The Morgan fingerprint density at radius 3 is 3.06 bits per heavy atom. The Hall–Kier alpha value is -0.900. The van der Waals surface area contributed by atoms with E-state index < -0.39 is 0 Å². The summed E-state index contributed by atoms with van der Waals surface area (Å²) in [6.07, 6.45) is 7.34. The summed E-state index contributed by atoms with van der Waals surface area (Å²) in [7, 11) is 0. The average Bonchev–Trinajstić information content (AvgIpc) is 2.73. The van der Waals surface area contributed by atoms with Crippen molar-refractivity contribution in [2.75, 3.05) is 6.61 Å². The second-order valence-corrected chi connectivity index (χ2v) is 5.47. The Kier molecular flexibility index (Phi) is 3.14. The molecular formula is C13H21N3O. The first-order chi connectivity index (χ1) is 8.33. The van der Waals surface area contributed by atoms with Crippen LogP contribution in [0.5, 0.6) is 0 Å². The summed E-state index contributed by atoms with van der Waals surface area (Å²) in [4.78, 5) is 0. The van der Waals surface area contributed by atoms with Gasteiger partial charge in [0.05, 0.1) is 6.10 Å². The normalized spacial score (nSPS) is 29.0. The van der Waals surface area contributed by atoms with Crippen molar-refractivity contribution in [2.45, 2.75) is 58.1 Å². The van der Waals surface area contributed by atoms with E-state index in [0.29, 0.717) is 6.10 Å². The molecule has 17 heavy (non-hydrogen) atoms. The van der Waals surface area contributed by atoms with E-state index in [1.807, 2.05) is 0 Å².